The van der Waals surface area contributed by atoms with Crippen LogP contribution in [0.1, 0.15) is 37.3 Å². The lowest BCUT2D eigenvalue weighted by Gasteiger charge is -2.39. The Morgan fingerprint density at radius 1 is 0.929 bits per heavy atom. The zero-order valence-electron chi connectivity index (χ0n) is 16.5. The maximum absolute atomic E-state index is 12.5. The van der Waals surface area contributed by atoms with Crippen molar-refractivity contribution in [1.29, 1.82) is 0 Å². The zero-order valence-corrected chi connectivity index (χ0v) is 16.5. The van der Waals surface area contributed by atoms with Gasteiger partial charge in [0.25, 0.3) is 0 Å². The van der Waals surface area contributed by atoms with Crippen LogP contribution in [0, 0.1) is 5.92 Å². The van der Waals surface area contributed by atoms with Gasteiger partial charge in [0.15, 0.2) is 0 Å². The first-order valence-electron chi connectivity index (χ1n) is 10.5. The van der Waals surface area contributed by atoms with Crippen molar-refractivity contribution in [3.8, 4) is 5.75 Å². The average molecular weight is 379 g/mol. The van der Waals surface area contributed by atoms with Crippen LogP contribution in [-0.2, 0) is 4.79 Å². The molecule has 0 spiro atoms. The molecule has 1 atom stereocenters. The molecule has 148 valence electrons. The highest BCUT2D eigenvalue weighted by molar-refractivity contribution is 5.76. The van der Waals surface area contributed by atoms with Gasteiger partial charge in [-0.1, -0.05) is 61.4 Å². The van der Waals surface area contributed by atoms with Gasteiger partial charge < -0.3 is 9.64 Å². The summed E-state index contributed by atoms with van der Waals surface area (Å²) in [5.41, 5.74) is 1.27. The third-order valence-electron chi connectivity index (χ3n) is 5.91. The number of hydrogen-bond acceptors (Lipinski definition) is 3. The van der Waals surface area contributed by atoms with Gasteiger partial charge in [-0.05, 0) is 30.0 Å². The molecule has 2 aromatic carbocycles. The highest BCUT2D eigenvalue weighted by Crippen LogP contribution is 2.33. The fourth-order valence-electron chi connectivity index (χ4n) is 3.95. The second-order valence-corrected chi connectivity index (χ2v) is 7.95. The summed E-state index contributed by atoms with van der Waals surface area (Å²) in [6.45, 7) is 4.04. The van der Waals surface area contributed by atoms with E-state index in [0.717, 1.165) is 50.7 Å². The van der Waals surface area contributed by atoms with Crippen LogP contribution in [0.3, 0.4) is 0 Å². The van der Waals surface area contributed by atoms with E-state index in [9.17, 15) is 4.79 Å². The smallest absolute Gasteiger partial charge is 0.222 e. The third kappa shape index (κ3) is 5.14. The van der Waals surface area contributed by atoms with E-state index in [4.69, 9.17) is 4.74 Å². The molecule has 0 radical (unpaired) electrons. The molecule has 4 rings (SSSR count). The molecule has 0 aromatic heterocycles. The van der Waals surface area contributed by atoms with Gasteiger partial charge in [0.1, 0.15) is 12.4 Å². The number of carbonyl (C=O) groups is 1. The number of piperazine rings is 1. The first kappa shape index (κ1) is 19.0. The molecule has 4 heteroatoms. The molecule has 0 bridgehead atoms. The number of ether oxygens (including phenoxy) is 1. The molecular weight excluding hydrogens is 348 g/mol. The first-order chi connectivity index (χ1) is 13.8. The third-order valence-corrected chi connectivity index (χ3v) is 5.91. The zero-order chi connectivity index (χ0) is 19.2. The van der Waals surface area contributed by atoms with Gasteiger partial charge in [-0.15, -0.1) is 0 Å². The SMILES string of the molecule is O=C(CCC1CC1)N1CCN(C(COc2ccccc2)c2ccccc2)CC1. The normalized spacial score (nSPS) is 18.6. The number of carbonyl (C=O) groups excluding carboxylic acids is 1. The Hall–Kier alpha value is -2.33. The Balaban J connectivity index is 1.35. The van der Waals surface area contributed by atoms with Crippen LogP contribution in [0.4, 0.5) is 0 Å². The minimum Gasteiger partial charge on any atom is -0.492 e. The van der Waals surface area contributed by atoms with E-state index in [-0.39, 0.29) is 6.04 Å². The quantitative estimate of drug-likeness (QED) is 0.692. The molecule has 4 nitrogen and oxygen atoms in total. The summed E-state index contributed by atoms with van der Waals surface area (Å²) in [5.74, 6) is 2.06. The Bertz CT molecular complexity index is 738. The van der Waals surface area contributed by atoms with Gasteiger partial charge in [0.05, 0.1) is 6.04 Å². The van der Waals surface area contributed by atoms with Crippen LogP contribution >= 0.6 is 0 Å². The molecule has 1 aliphatic heterocycles. The van der Waals surface area contributed by atoms with E-state index < -0.39 is 0 Å². The molecule has 1 amide bonds. The van der Waals surface area contributed by atoms with Crippen molar-refractivity contribution in [2.45, 2.75) is 31.7 Å². The van der Waals surface area contributed by atoms with E-state index in [0.29, 0.717) is 12.5 Å². The number of nitrogens with zero attached hydrogens (tertiary/aromatic N) is 2. The van der Waals surface area contributed by atoms with E-state index in [1.54, 1.807) is 0 Å². The van der Waals surface area contributed by atoms with Crippen molar-refractivity contribution < 1.29 is 9.53 Å². The molecule has 1 unspecified atom stereocenters. The topological polar surface area (TPSA) is 32.8 Å². The summed E-state index contributed by atoms with van der Waals surface area (Å²) in [5, 5.41) is 0. The number of para-hydroxylation sites is 1. The summed E-state index contributed by atoms with van der Waals surface area (Å²) in [6, 6.07) is 20.8. The summed E-state index contributed by atoms with van der Waals surface area (Å²) >= 11 is 0. The molecule has 0 N–H and O–H groups in total. The van der Waals surface area contributed by atoms with Crippen LogP contribution in [0.2, 0.25) is 0 Å². The average Bonchev–Trinajstić information content (AvgIpc) is 3.59. The van der Waals surface area contributed by atoms with E-state index in [1.807, 2.05) is 30.3 Å². The molecule has 2 fully saturated rings. The van der Waals surface area contributed by atoms with Crippen LogP contribution in [-0.4, -0.2) is 48.5 Å². The van der Waals surface area contributed by atoms with Crippen LogP contribution in [0.5, 0.6) is 5.75 Å². The predicted molar refractivity (Wildman–Crippen MR) is 111 cm³/mol. The Kier molecular flexibility index (Phi) is 6.27. The van der Waals surface area contributed by atoms with E-state index in [2.05, 4.69) is 40.1 Å². The number of benzene rings is 2. The van der Waals surface area contributed by atoms with Gasteiger partial charge in [-0.2, -0.15) is 0 Å². The number of amides is 1. The number of hydrogen-bond donors (Lipinski definition) is 0. The summed E-state index contributed by atoms with van der Waals surface area (Å²) < 4.78 is 6.10. The molecule has 1 heterocycles. The van der Waals surface area contributed by atoms with Crippen molar-refractivity contribution in [2.24, 2.45) is 5.92 Å². The van der Waals surface area contributed by atoms with Crippen molar-refractivity contribution in [3.63, 3.8) is 0 Å². The fraction of sp³-hybridized carbons (Fsp3) is 0.458. The molecule has 2 aromatic rings. The van der Waals surface area contributed by atoms with Gasteiger partial charge in [0, 0.05) is 32.6 Å². The minimum absolute atomic E-state index is 0.199. The highest BCUT2D eigenvalue weighted by atomic mass is 16.5. The maximum Gasteiger partial charge on any atom is 0.222 e. The van der Waals surface area contributed by atoms with Crippen molar-refractivity contribution in [1.82, 2.24) is 9.80 Å². The monoisotopic (exact) mass is 378 g/mol. The molecule has 1 saturated carbocycles. The lowest BCUT2D eigenvalue weighted by molar-refractivity contribution is -0.133. The Labute approximate surface area is 168 Å². The maximum atomic E-state index is 12.5. The Morgan fingerprint density at radius 2 is 1.57 bits per heavy atom. The molecule has 28 heavy (non-hydrogen) atoms. The first-order valence-corrected chi connectivity index (χ1v) is 10.5. The minimum atomic E-state index is 0.199. The van der Waals surface area contributed by atoms with Crippen LogP contribution < -0.4 is 4.74 Å². The summed E-state index contributed by atoms with van der Waals surface area (Å²) in [6.07, 6.45) is 4.45. The standard InChI is InChI=1S/C24H30N2O2/c27-24(14-13-20-11-12-20)26-17-15-25(16-18-26)23(21-7-3-1-4-8-21)19-28-22-9-5-2-6-10-22/h1-10,20,23H,11-19H2. The molecule has 1 aliphatic carbocycles. The highest BCUT2D eigenvalue weighted by Gasteiger charge is 2.29. The lowest BCUT2D eigenvalue weighted by Crippen LogP contribution is -2.50. The van der Waals surface area contributed by atoms with Crippen LogP contribution in [0.25, 0.3) is 0 Å². The van der Waals surface area contributed by atoms with Crippen molar-refractivity contribution in [2.75, 3.05) is 32.8 Å². The van der Waals surface area contributed by atoms with Gasteiger partial charge in [0.2, 0.25) is 5.91 Å². The fourth-order valence-corrected chi connectivity index (χ4v) is 3.95. The van der Waals surface area contributed by atoms with E-state index >= 15 is 0 Å². The van der Waals surface area contributed by atoms with Crippen LogP contribution in [0.15, 0.2) is 60.7 Å². The van der Waals surface area contributed by atoms with Crippen molar-refractivity contribution >= 4 is 5.91 Å². The second-order valence-electron chi connectivity index (χ2n) is 7.95. The van der Waals surface area contributed by atoms with Gasteiger partial charge in [-0.25, -0.2) is 0 Å². The molecule has 2 aliphatic rings. The summed E-state index contributed by atoms with van der Waals surface area (Å²) in [7, 11) is 0. The molecular formula is C24H30N2O2. The van der Waals surface area contributed by atoms with Crippen molar-refractivity contribution in [3.05, 3.63) is 66.2 Å². The Morgan fingerprint density at radius 3 is 2.21 bits per heavy atom. The largest absolute Gasteiger partial charge is 0.492 e. The van der Waals surface area contributed by atoms with E-state index in [1.165, 1.54) is 18.4 Å². The molecule has 1 saturated heterocycles. The van der Waals surface area contributed by atoms with Gasteiger partial charge in [-0.3, -0.25) is 9.69 Å². The summed E-state index contributed by atoms with van der Waals surface area (Å²) in [4.78, 5) is 17.0. The van der Waals surface area contributed by atoms with Gasteiger partial charge >= 0.3 is 0 Å². The predicted octanol–water partition coefficient (Wildman–Crippen LogP) is 4.14. The lowest BCUT2D eigenvalue weighted by atomic mass is 10.0. The second kappa shape index (κ2) is 9.24. The number of rotatable bonds is 8.